The zero-order chi connectivity index (χ0) is 7.11. The molecule has 0 aromatic carbocycles. The monoisotopic (exact) mass is 123 g/mol. The fourth-order valence-corrected chi connectivity index (χ4v) is 0.488. The van der Waals surface area contributed by atoms with Gasteiger partial charge in [-0.3, -0.25) is 0 Å². The Morgan fingerprint density at radius 2 is 2.22 bits per heavy atom. The average molecular weight is 123 g/mol. The second-order valence-corrected chi connectivity index (χ2v) is 1.77. The van der Waals surface area contributed by atoms with Gasteiger partial charge in [-0.25, -0.2) is 0 Å². The van der Waals surface area contributed by atoms with Crippen molar-refractivity contribution in [3.63, 3.8) is 0 Å². The lowest BCUT2D eigenvalue weighted by molar-refractivity contribution is 1.17. The van der Waals surface area contributed by atoms with Gasteiger partial charge < -0.3 is 5.41 Å². The minimum atomic E-state index is 0.938. The van der Waals surface area contributed by atoms with Gasteiger partial charge in [0.25, 0.3) is 0 Å². The molecule has 9 heavy (non-hydrogen) atoms. The Hall–Kier alpha value is -0.850. The van der Waals surface area contributed by atoms with E-state index in [0.717, 1.165) is 12.0 Å². The number of hydrogen-bond acceptors (Lipinski definition) is 1. The van der Waals surface area contributed by atoms with Crippen LogP contribution in [0.1, 0.15) is 20.3 Å². The van der Waals surface area contributed by atoms with Gasteiger partial charge >= 0.3 is 0 Å². The van der Waals surface area contributed by atoms with Crippen LogP contribution in [0, 0.1) is 5.41 Å². The summed E-state index contributed by atoms with van der Waals surface area (Å²) in [5, 5.41) is 6.91. The van der Waals surface area contributed by atoms with Crippen molar-refractivity contribution in [3.8, 4) is 0 Å². The van der Waals surface area contributed by atoms with Crippen molar-refractivity contribution < 1.29 is 0 Å². The molecule has 0 heterocycles. The van der Waals surface area contributed by atoms with Gasteiger partial charge in [0, 0.05) is 6.21 Å². The molecule has 50 valence electrons. The molecule has 0 rings (SSSR count). The quantitative estimate of drug-likeness (QED) is 0.440. The predicted molar refractivity (Wildman–Crippen MR) is 42.0 cm³/mol. The first-order valence-electron chi connectivity index (χ1n) is 3.17. The third-order valence-electron chi connectivity index (χ3n) is 1.10. The third kappa shape index (κ3) is 3.71. The van der Waals surface area contributed by atoms with Crippen LogP contribution >= 0.6 is 0 Å². The zero-order valence-electron chi connectivity index (χ0n) is 6.02. The maximum absolute atomic E-state index is 6.91. The molecule has 0 bridgehead atoms. The van der Waals surface area contributed by atoms with Crippen LogP contribution in [0.3, 0.4) is 0 Å². The topological polar surface area (TPSA) is 23.9 Å². The van der Waals surface area contributed by atoms with Crippen LogP contribution in [0.5, 0.6) is 0 Å². The molecule has 0 aromatic heterocycles. The van der Waals surface area contributed by atoms with E-state index >= 15 is 0 Å². The lowest BCUT2D eigenvalue weighted by Gasteiger charge is -1.88. The maximum Gasteiger partial charge on any atom is 0.0209 e. The van der Waals surface area contributed by atoms with Crippen LogP contribution in [0.25, 0.3) is 0 Å². The van der Waals surface area contributed by atoms with Crippen LogP contribution < -0.4 is 0 Å². The van der Waals surface area contributed by atoms with Crippen LogP contribution in [0.15, 0.2) is 23.8 Å². The molecule has 1 N–H and O–H groups in total. The van der Waals surface area contributed by atoms with E-state index in [1.54, 1.807) is 0 Å². The fraction of sp³-hybridized carbons (Fsp3) is 0.375. The Balaban J connectivity index is 3.90. The first-order chi connectivity index (χ1) is 4.35. The number of hydrogen-bond donors (Lipinski definition) is 1. The van der Waals surface area contributed by atoms with Crippen LogP contribution in [0.4, 0.5) is 0 Å². The Labute approximate surface area is 56.6 Å². The van der Waals surface area contributed by atoms with Gasteiger partial charge in [-0.15, -0.1) is 0 Å². The highest BCUT2D eigenvalue weighted by Gasteiger charge is 1.81. The van der Waals surface area contributed by atoms with Crippen LogP contribution in [-0.2, 0) is 0 Å². The molecule has 0 aliphatic rings. The molecule has 1 heteroatoms. The van der Waals surface area contributed by atoms with Gasteiger partial charge in [-0.05, 0) is 18.9 Å². The summed E-state index contributed by atoms with van der Waals surface area (Å²) in [6.07, 6.45) is 8.18. The van der Waals surface area contributed by atoms with Gasteiger partial charge in [0.05, 0.1) is 0 Å². The third-order valence-corrected chi connectivity index (χ3v) is 1.10. The largest absolute Gasteiger partial charge is 0.308 e. The molecule has 0 saturated carbocycles. The second kappa shape index (κ2) is 5.29. The maximum atomic E-state index is 6.91. The van der Waals surface area contributed by atoms with E-state index in [0.29, 0.717) is 0 Å². The molecular weight excluding hydrogens is 110 g/mol. The van der Waals surface area contributed by atoms with Crippen molar-refractivity contribution in [1.29, 1.82) is 5.41 Å². The molecule has 0 radical (unpaired) electrons. The zero-order valence-corrected chi connectivity index (χ0v) is 6.02. The number of rotatable bonds is 3. The van der Waals surface area contributed by atoms with E-state index in [-0.39, 0.29) is 0 Å². The molecule has 0 fully saturated rings. The minimum absolute atomic E-state index is 0.938. The summed E-state index contributed by atoms with van der Waals surface area (Å²) in [5.41, 5.74) is 1.06. The van der Waals surface area contributed by atoms with E-state index in [1.165, 1.54) is 6.21 Å². The smallest absolute Gasteiger partial charge is 0.0209 e. The molecule has 0 spiro atoms. The standard InChI is InChI=1S/C8H13N/c1-3-5-6-8(4-2)7-9/h3,5-7,9H,4H2,1-2H3. The van der Waals surface area contributed by atoms with E-state index in [9.17, 15) is 0 Å². The lowest BCUT2D eigenvalue weighted by atomic mass is 10.2. The SMILES string of the molecule is CC=CC=C(C=N)CC. The van der Waals surface area contributed by atoms with E-state index in [1.807, 2.05) is 32.1 Å². The van der Waals surface area contributed by atoms with Crippen LogP contribution in [0.2, 0.25) is 0 Å². The van der Waals surface area contributed by atoms with Gasteiger partial charge in [-0.1, -0.05) is 25.2 Å². The number of allylic oxidation sites excluding steroid dienone is 4. The van der Waals surface area contributed by atoms with Crippen molar-refractivity contribution in [1.82, 2.24) is 0 Å². The van der Waals surface area contributed by atoms with Gasteiger partial charge in [-0.2, -0.15) is 0 Å². The minimum Gasteiger partial charge on any atom is -0.308 e. The van der Waals surface area contributed by atoms with E-state index in [4.69, 9.17) is 5.41 Å². The van der Waals surface area contributed by atoms with Crippen molar-refractivity contribution in [3.05, 3.63) is 23.8 Å². The summed E-state index contributed by atoms with van der Waals surface area (Å²) < 4.78 is 0. The highest BCUT2D eigenvalue weighted by molar-refractivity contribution is 5.75. The Bertz CT molecular complexity index is 132. The second-order valence-electron chi connectivity index (χ2n) is 1.77. The highest BCUT2D eigenvalue weighted by Crippen LogP contribution is 1.95. The summed E-state index contributed by atoms with van der Waals surface area (Å²) in [7, 11) is 0. The van der Waals surface area contributed by atoms with Crippen molar-refractivity contribution in [2.45, 2.75) is 20.3 Å². The summed E-state index contributed by atoms with van der Waals surface area (Å²) in [6.45, 7) is 4.01. The van der Waals surface area contributed by atoms with E-state index < -0.39 is 0 Å². The van der Waals surface area contributed by atoms with Crippen molar-refractivity contribution >= 4 is 6.21 Å². The summed E-state index contributed by atoms with van der Waals surface area (Å²) >= 11 is 0. The van der Waals surface area contributed by atoms with Gasteiger partial charge in [0.2, 0.25) is 0 Å². The molecule has 0 atom stereocenters. The molecule has 0 aliphatic heterocycles. The Kier molecular flexibility index (Phi) is 4.79. The molecule has 1 nitrogen and oxygen atoms in total. The molecule has 0 saturated heterocycles. The normalized spacial score (nSPS) is 12.4. The Morgan fingerprint density at radius 3 is 2.56 bits per heavy atom. The summed E-state index contributed by atoms with van der Waals surface area (Å²) in [4.78, 5) is 0. The van der Waals surface area contributed by atoms with Crippen molar-refractivity contribution in [2.24, 2.45) is 0 Å². The average Bonchev–Trinajstić information content (AvgIpc) is 1.91. The van der Waals surface area contributed by atoms with Gasteiger partial charge in [0.15, 0.2) is 0 Å². The van der Waals surface area contributed by atoms with E-state index in [2.05, 4.69) is 0 Å². The molecular formula is C8H13N. The summed E-state index contributed by atoms with van der Waals surface area (Å²) in [5.74, 6) is 0. The van der Waals surface area contributed by atoms with Gasteiger partial charge in [0.1, 0.15) is 0 Å². The first kappa shape index (κ1) is 8.15. The summed E-state index contributed by atoms with van der Waals surface area (Å²) in [6, 6.07) is 0. The molecule has 0 unspecified atom stereocenters. The molecule has 0 aliphatic carbocycles. The lowest BCUT2D eigenvalue weighted by Crippen LogP contribution is -1.77. The van der Waals surface area contributed by atoms with Crippen LogP contribution in [-0.4, -0.2) is 6.21 Å². The fourth-order valence-electron chi connectivity index (χ4n) is 0.488. The molecule has 0 amide bonds. The van der Waals surface area contributed by atoms with Crippen molar-refractivity contribution in [2.75, 3.05) is 0 Å². The predicted octanol–water partition coefficient (Wildman–Crippen LogP) is 2.55. The molecule has 0 aromatic rings. The highest BCUT2D eigenvalue weighted by atomic mass is 14.3. The Morgan fingerprint density at radius 1 is 1.56 bits per heavy atom. The number of nitrogens with one attached hydrogen (secondary N) is 1. The first-order valence-corrected chi connectivity index (χ1v) is 3.17.